The lowest BCUT2D eigenvalue weighted by Gasteiger charge is -2.27. The lowest BCUT2D eigenvalue weighted by atomic mass is 9.84. The molecule has 0 aromatic rings. The van der Waals surface area contributed by atoms with Crippen LogP contribution in [0.4, 0.5) is 4.39 Å². The lowest BCUT2D eigenvalue weighted by molar-refractivity contribution is -0.0217. The van der Waals surface area contributed by atoms with Gasteiger partial charge in [0.25, 0.3) is 0 Å². The molecule has 0 aromatic heterocycles. The molecular formula is C13H24FNO. The van der Waals surface area contributed by atoms with Crippen LogP contribution in [0.25, 0.3) is 0 Å². The molecule has 4 atom stereocenters. The molecule has 1 rings (SSSR count). The Balaban J connectivity index is 2.87. The minimum Gasteiger partial charge on any atom is -0.369 e. The van der Waals surface area contributed by atoms with Crippen LogP contribution < -0.4 is 5.73 Å². The second-order valence-electron chi connectivity index (χ2n) is 5.53. The number of halogens is 1. The smallest absolute Gasteiger partial charge is 0.172 e. The van der Waals surface area contributed by atoms with E-state index in [9.17, 15) is 4.39 Å². The average Bonchev–Trinajstić information content (AvgIpc) is 2.43. The van der Waals surface area contributed by atoms with Crippen molar-refractivity contribution in [1.82, 2.24) is 0 Å². The topological polar surface area (TPSA) is 35.2 Å². The number of hydrogen-bond donors (Lipinski definition) is 1. The van der Waals surface area contributed by atoms with Crippen LogP contribution in [-0.4, -0.2) is 23.9 Å². The van der Waals surface area contributed by atoms with Crippen molar-refractivity contribution in [3.8, 4) is 0 Å². The summed E-state index contributed by atoms with van der Waals surface area (Å²) in [5, 5.41) is 0. The van der Waals surface area contributed by atoms with Gasteiger partial charge in [-0.2, -0.15) is 0 Å². The molecular weight excluding hydrogens is 205 g/mol. The van der Waals surface area contributed by atoms with Crippen LogP contribution in [0.1, 0.15) is 34.1 Å². The van der Waals surface area contributed by atoms with E-state index in [0.29, 0.717) is 5.92 Å². The zero-order chi connectivity index (χ0) is 12.5. The number of rotatable bonds is 4. The highest BCUT2D eigenvalue weighted by Gasteiger charge is 2.54. The first-order valence-electron chi connectivity index (χ1n) is 6.06. The molecule has 0 amide bonds. The van der Waals surface area contributed by atoms with E-state index in [4.69, 9.17) is 10.5 Å². The summed E-state index contributed by atoms with van der Waals surface area (Å²) in [6, 6.07) is -0.597. The third-order valence-corrected chi connectivity index (χ3v) is 3.29. The summed E-state index contributed by atoms with van der Waals surface area (Å²) in [6.07, 6.45) is 1.45. The molecule has 3 heteroatoms. The van der Waals surface area contributed by atoms with Gasteiger partial charge in [0.1, 0.15) is 0 Å². The first-order chi connectivity index (χ1) is 7.32. The minimum absolute atomic E-state index is 0.103. The molecule has 1 heterocycles. The van der Waals surface area contributed by atoms with Crippen LogP contribution >= 0.6 is 0 Å². The van der Waals surface area contributed by atoms with Crippen molar-refractivity contribution in [3.63, 3.8) is 0 Å². The molecule has 16 heavy (non-hydrogen) atoms. The quantitative estimate of drug-likeness (QED) is 0.752. The summed E-state index contributed by atoms with van der Waals surface area (Å²) in [5.74, 6) is 0.558. The molecule has 0 unspecified atom stereocenters. The van der Waals surface area contributed by atoms with Crippen molar-refractivity contribution in [2.75, 3.05) is 0 Å². The van der Waals surface area contributed by atoms with Gasteiger partial charge in [-0.05, 0) is 18.3 Å². The third kappa shape index (κ3) is 2.30. The van der Waals surface area contributed by atoms with E-state index >= 15 is 0 Å². The molecule has 1 saturated heterocycles. The van der Waals surface area contributed by atoms with Gasteiger partial charge in [-0.15, -0.1) is 0 Å². The van der Waals surface area contributed by atoms with Crippen LogP contribution in [0.5, 0.6) is 0 Å². The summed E-state index contributed by atoms with van der Waals surface area (Å²) in [6.45, 7) is 11.7. The molecule has 0 aromatic carbocycles. The standard InChI is InChI=1S/C13H24FNO/c1-6-13(14)11(15)10(7-8(2)3)16-12(13)9(4)5/h6,8-12H,1,7,15H2,2-5H3/t10-,11-,12+,13-/m1/s1. The second-order valence-corrected chi connectivity index (χ2v) is 5.53. The second kappa shape index (κ2) is 4.84. The van der Waals surface area contributed by atoms with Gasteiger partial charge in [-0.1, -0.05) is 40.3 Å². The highest BCUT2D eigenvalue weighted by Crippen LogP contribution is 2.40. The maximum atomic E-state index is 14.7. The number of nitrogens with two attached hydrogens (primary N) is 1. The van der Waals surface area contributed by atoms with Crippen molar-refractivity contribution >= 4 is 0 Å². The molecule has 0 aliphatic carbocycles. The number of hydrogen-bond acceptors (Lipinski definition) is 2. The van der Waals surface area contributed by atoms with Crippen molar-refractivity contribution in [2.24, 2.45) is 17.6 Å². The molecule has 2 N–H and O–H groups in total. The van der Waals surface area contributed by atoms with E-state index in [-0.39, 0.29) is 12.0 Å². The van der Waals surface area contributed by atoms with Gasteiger partial charge in [0.05, 0.1) is 18.2 Å². The zero-order valence-corrected chi connectivity index (χ0v) is 10.7. The fourth-order valence-corrected chi connectivity index (χ4v) is 2.44. The van der Waals surface area contributed by atoms with Gasteiger partial charge in [0, 0.05) is 0 Å². The fraction of sp³-hybridized carbons (Fsp3) is 0.846. The van der Waals surface area contributed by atoms with Crippen LogP contribution in [-0.2, 0) is 4.74 Å². The normalized spacial score (nSPS) is 39.6. The zero-order valence-electron chi connectivity index (χ0n) is 10.7. The first-order valence-corrected chi connectivity index (χ1v) is 6.06. The van der Waals surface area contributed by atoms with Gasteiger partial charge in [-0.25, -0.2) is 4.39 Å². The lowest BCUT2D eigenvalue weighted by Crippen LogP contribution is -2.49. The largest absolute Gasteiger partial charge is 0.369 e. The molecule has 0 radical (unpaired) electrons. The fourth-order valence-electron chi connectivity index (χ4n) is 2.44. The summed E-state index contributed by atoms with van der Waals surface area (Å²) < 4.78 is 20.5. The van der Waals surface area contributed by atoms with E-state index in [0.717, 1.165) is 6.42 Å². The Bertz CT molecular complexity index is 254. The Morgan fingerprint density at radius 1 is 1.44 bits per heavy atom. The van der Waals surface area contributed by atoms with Gasteiger partial charge in [-0.3, -0.25) is 0 Å². The molecule has 1 fully saturated rings. The van der Waals surface area contributed by atoms with E-state index in [1.165, 1.54) is 6.08 Å². The maximum Gasteiger partial charge on any atom is 0.172 e. The van der Waals surface area contributed by atoms with Crippen LogP contribution in [0.2, 0.25) is 0 Å². The monoisotopic (exact) mass is 229 g/mol. The Labute approximate surface area is 98.0 Å². The van der Waals surface area contributed by atoms with E-state index in [1.807, 2.05) is 13.8 Å². The molecule has 0 bridgehead atoms. The molecule has 1 aliphatic rings. The van der Waals surface area contributed by atoms with Crippen molar-refractivity contribution in [3.05, 3.63) is 12.7 Å². The van der Waals surface area contributed by atoms with Crippen LogP contribution in [0.15, 0.2) is 12.7 Å². The van der Waals surface area contributed by atoms with Crippen LogP contribution in [0.3, 0.4) is 0 Å². The van der Waals surface area contributed by atoms with Gasteiger partial charge >= 0.3 is 0 Å². The van der Waals surface area contributed by atoms with E-state index in [2.05, 4.69) is 20.4 Å². The summed E-state index contributed by atoms with van der Waals surface area (Å²) in [5.41, 5.74) is 4.38. The molecule has 0 spiro atoms. The van der Waals surface area contributed by atoms with E-state index in [1.54, 1.807) is 0 Å². The molecule has 0 saturated carbocycles. The Morgan fingerprint density at radius 2 is 2.00 bits per heavy atom. The maximum absolute atomic E-state index is 14.7. The van der Waals surface area contributed by atoms with Gasteiger partial charge < -0.3 is 10.5 Å². The van der Waals surface area contributed by atoms with Crippen LogP contribution in [0, 0.1) is 11.8 Å². The van der Waals surface area contributed by atoms with Crippen molar-refractivity contribution < 1.29 is 9.13 Å². The summed E-state index contributed by atoms with van der Waals surface area (Å²) in [7, 11) is 0. The van der Waals surface area contributed by atoms with Gasteiger partial charge in [0.15, 0.2) is 5.67 Å². The molecule has 2 nitrogen and oxygen atoms in total. The predicted octanol–water partition coefficient (Wildman–Crippen LogP) is 2.68. The van der Waals surface area contributed by atoms with Crippen molar-refractivity contribution in [2.45, 2.75) is 58.0 Å². The Morgan fingerprint density at radius 3 is 2.31 bits per heavy atom. The Hall–Kier alpha value is -0.410. The predicted molar refractivity (Wildman–Crippen MR) is 65.0 cm³/mol. The first kappa shape index (κ1) is 13.7. The molecule has 1 aliphatic heterocycles. The minimum atomic E-state index is -1.59. The van der Waals surface area contributed by atoms with Gasteiger partial charge in [0.2, 0.25) is 0 Å². The van der Waals surface area contributed by atoms with E-state index < -0.39 is 17.8 Å². The SMILES string of the molecule is C=C[C@@]1(F)[C@H](N)[C@@H](CC(C)C)O[C@H]1C(C)C. The van der Waals surface area contributed by atoms with Crippen molar-refractivity contribution in [1.29, 1.82) is 0 Å². The average molecular weight is 229 g/mol. The highest BCUT2D eigenvalue weighted by molar-refractivity contribution is 5.16. The molecule has 94 valence electrons. The Kier molecular flexibility index (Phi) is 4.13. The third-order valence-electron chi connectivity index (χ3n) is 3.29. The highest BCUT2D eigenvalue weighted by atomic mass is 19.1. The number of alkyl halides is 1. The number of ether oxygens (including phenoxy) is 1. The summed E-state index contributed by atoms with van der Waals surface area (Å²) in [4.78, 5) is 0. The summed E-state index contributed by atoms with van der Waals surface area (Å²) >= 11 is 0.